The fourth-order valence-corrected chi connectivity index (χ4v) is 4.57. The fourth-order valence-electron chi connectivity index (χ4n) is 3.18. The van der Waals surface area contributed by atoms with Crippen LogP contribution in [0.15, 0.2) is 53.1 Å². The van der Waals surface area contributed by atoms with Gasteiger partial charge in [0.1, 0.15) is 17.3 Å². The number of hydrogen-bond donors (Lipinski definition) is 1. The Balaban J connectivity index is 2.21. The SMILES string of the molecule is CCN(CC)C1=C(S(=O)(=O)Nc2ccc(F)cc2F)C(=O)c2ccccc2C1=O. The van der Waals surface area contributed by atoms with Gasteiger partial charge < -0.3 is 4.90 Å². The van der Waals surface area contributed by atoms with Gasteiger partial charge in [-0.15, -0.1) is 0 Å². The molecule has 29 heavy (non-hydrogen) atoms. The maximum absolute atomic E-state index is 14.0. The number of halogens is 2. The van der Waals surface area contributed by atoms with Gasteiger partial charge in [0.05, 0.1) is 5.69 Å². The van der Waals surface area contributed by atoms with Gasteiger partial charge in [-0.05, 0) is 26.0 Å². The Hall–Kier alpha value is -3.07. The van der Waals surface area contributed by atoms with Crippen molar-refractivity contribution in [2.45, 2.75) is 13.8 Å². The molecule has 0 aliphatic heterocycles. The quantitative estimate of drug-likeness (QED) is 0.775. The van der Waals surface area contributed by atoms with E-state index in [1.807, 2.05) is 4.72 Å². The summed E-state index contributed by atoms with van der Waals surface area (Å²) in [5, 5.41) is 0. The van der Waals surface area contributed by atoms with Gasteiger partial charge in [0.25, 0.3) is 10.0 Å². The molecule has 3 rings (SSSR count). The molecule has 1 N–H and O–H groups in total. The number of sulfonamides is 1. The highest BCUT2D eigenvalue weighted by Crippen LogP contribution is 2.32. The van der Waals surface area contributed by atoms with Crippen LogP contribution in [0.5, 0.6) is 0 Å². The first-order valence-electron chi connectivity index (χ1n) is 8.86. The van der Waals surface area contributed by atoms with E-state index in [0.717, 1.165) is 12.1 Å². The summed E-state index contributed by atoms with van der Waals surface area (Å²) in [6.07, 6.45) is 0. The van der Waals surface area contributed by atoms with Gasteiger partial charge in [-0.25, -0.2) is 17.2 Å². The van der Waals surface area contributed by atoms with E-state index in [0.29, 0.717) is 6.07 Å². The number of fused-ring (bicyclic) bond motifs is 1. The maximum atomic E-state index is 14.0. The molecule has 6 nitrogen and oxygen atoms in total. The zero-order valence-corrected chi connectivity index (χ0v) is 16.5. The van der Waals surface area contributed by atoms with E-state index in [2.05, 4.69) is 0 Å². The van der Waals surface area contributed by atoms with E-state index >= 15 is 0 Å². The summed E-state index contributed by atoms with van der Waals surface area (Å²) in [5.41, 5.74) is -0.745. The predicted molar refractivity (Wildman–Crippen MR) is 104 cm³/mol. The Labute approximate surface area is 166 Å². The number of carbonyl (C=O) groups excluding carboxylic acids is 2. The van der Waals surface area contributed by atoms with Crippen LogP contribution < -0.4 is 4.72 Å². The second kappa shape index (κ2) is 7.75. The van der Waals surface area contributed by atoms with Crippen molar-refractivity contribution in [1.82, 2.24) is 4.90 Å². The number of ketones is 2. The van der Waals surface area contributed by atoms with E-state index in [1.165, 1.54) is 23.1 Å². The zero-order chi connectivity index (χ0) is 21.3. The average molecular weight is 420 g/mol. The lowest BCUT2D eigenvalue weighted by Gasteiger charge is -2.29. The minimum Gasteiger partial charge on any atom is -0.368 e. The van der Waals surface area contributed by atoms with Crippen LogP contribution in [-0.4, -0.2) is 38.0 Å². The molecule has 1 aliphatic carbocycles. The van der Waals surface area contributed by atoms with Crippen LogP contribution in [0.25, 0.3) is 0 Å². The Morgan fingerprint density at radius 3 is 2.07 bits per heavy atom. The fraction of sp³-hybridized carbons (Fsp3) is 0.200. The van der Waals surface area contributed by atoms with Gasteiger partial charge >= 0.3 is 0 Å². The lowest BCUT2D eigenvalue weighted by molar-refractivity contribution is 0.0949. The van der Waals surface area contributed by atoms with Crippen molar-refractivity contribution >= 4 is 27.3 Å². The molecule has 0 saturated carbocycles. The van der Waals surface area contributed by atoms with Gasteiger partial charge in [0.15, 0.2) is 4.91 Å². The molecule has 0 fully saturated rings. The molecule has 0 saturated heterocycles. The molecule has 0 amide bonds. The maximum Gasteiger partial charge on any atom is 0.268 e. The summed E-state index contributed by atoms with van der Waals surface area (Å²) in [5.74, 6) is -3.50. The summed E-state index contributed by atoms with van der Waals surface area (Å²) in [6, 6.07) is 8.21. The molecule has 0 aromatic heterocycles. The first kappa shape index (κ1) is 20.7. The van der Waals surface area contributed by atoms with E-state index in [1.54, 1.807) is 19.9 Å². The monoisotopic (exact) mass is 420 g/mol. The summed E-state index contributed by atoms with van der Waals surface area (Å²) >= 11 is 0. The van der Waals surface area contributed by atoms with Crippen LogP contribution in [0.1, 0.15) is 34.6 Å². The highest BCUT2D eigenvalue weighted by Gasteiger charge is 2.41. The number of anilines is 1. The predicted octanol–water partition coefficient (Wildman–Crippen LogP) is 3.34. The number of rotatable bonds is 6. The standard InChI is InChI=1S/C20H18F2N2O4S/c1-3-24(4-2)17-18(25)13-7-5-6-8-14(13)19(26)20(17)29(27,28)23-16-10-9-12(21)11-15(16)22/h5-11,23H,3-4H2,1-2H3. The Kier molecular flexibility index (Phi) is 5.52. The van der Waals surface area contributed by atoms with E-state index in [4.69, 9.17) is 0 Å². The molecule has 9 heteroatoms. The van der Waals surface area contributed by atoms with Gasteiger partial charge in [-0.1, -0.05) is 24.3 Å². The number of likely N-dealkylation sites (N-methyl/N-ethyl adjacent to an activating group) is 1. The topological polar surface area (TPSA) is 83.6 Å². The van der Waals surface area contributed by atoms with Gasteiger partial charge in [-0.2, -0.15) is 0 Å². The first-order chi connectivity index (χ1) is 13.7. The van der Waals surface area contributed by atoms with Crippen LogP contribution >= 0.6 is 0 Å². The third-order valence-corrected chi connectivity index (χ3v) is 5.98. The Bertz CT molecular complexity index is 1140. The molecule has 0 radical (unpaired) electrons. The lowest BCUT2D eigenvalue weighted by Crippen LogP contribution is -2.37. The highest BCUT2D eigenvalue weighted by molar-refractivity contribution is 7.97. The van der Waals surface area contributed by atoms with Crippen molar-refractivity contribution in [2.75, 3.05) is 17.8 Å². The normalized spacial score (nSPS) is 14.1. The second-order valence-electron chi connectivity index (χ2n) is 6.28. The van der Waals surface area contributed by atoms with Crippen LogP contribution in [-0.2, 0) is 10.0 Å². The molecule has 152 valence electrons. The molecule has 2 aromatic carbocycles. The van der Waals surface area contributed by atoms with Crippen molar-refractivity contribution in [1.29, 1.82) is 0 Å². The third kappa shape index (κ3) is 3.65. The van der Waals surface area contributed by atoms with Crippen molar-refractivity contribution < 1.29 is 26.8 Å². The minimum atomic E-state index is -4.66. The van der Waals surface area contributed by atoms with Gasteiger partial charge in [0.2, 0.25) is 11.6 Å². The lowest BCUT2D eigenvalue weighted by atomic mass is 9.92. The molecular formula is C20H18F2N2O4S. The number of hydrogen-bond acceptors (Lipinski definition) is 5. The number of nitrogens with zero attached hydrogens (tertiary/aromatic N) is 1. The Morgan fingerprint density at radius 2 is 1.52 bits per heavy atom. The number of benzene rings is 2. The van der Waals surface area contributed by atoms with E-state index in [-0.39, 0.29) is 29.9 Å². The van der Waals surface area contributed by atoms with Crippen molar-refractivity contribution in [3.8, 4) is 0 Å². The van der Waals surface area contributed by atoms with Crippen LogP contribution in [0.4, 0.5) is 14.5 Å². The minimum absolute atomic E-state index is 0.0478. The smallest absolute Gasteiger partial charge is 0.268 e. The van der Waals surface area contributed by atoms with Crippen LogP contribution in [0.3, 0.4) is 0 Å². The van der Waals surface area contributed by atoms with Crippen molar-refractivity contribution in [2.24, 2.45) is 0 Å². The molecule has 0 unspecified atom stereocenters. The first-order valence-corrected chi connectivity index (χ1v) is 10.3. The van der Waals surface area contributed by atoms with Gasteiger partial charge in [-0.3, -0.25) is 14.3 Å². The number of allylic oxidation sites excluding steroid dienone is 2. The van der Waals surface area contributed by atoms with E-state index < -0.39 is 43.8 Å². The molecule has 1 aliphatic rings. The molecule has 2 aromatic rings. The summed E-state index contributed by atoms with van der Waals surface area (Å²) in [6.45, 7) is 3.98. The molecular weight excluding hydrogens is 402 g/mol. The molecule has 0 atom stereocenters. The zero-order valence-electron chi connectivity index (χ0n) is 15.7. The molecule has 0 spiro atoms. The number of Topliss-reactive ketones (excluding diaryl/α,β-unsaturated/α-hetero) is 2. The van der Waals surface area contributed by atoms with E-state index in [9.17, 15) is 26.8 Å². The third-order valence-electron chi connectivity index (χ3n) is 4.58. The van der Waals surface area contributed by atoms with Crippen LogP contribution in [0.2, 0.25) is 0 Å². The Morgan fingerprint density at radius 1 is 0.931 bits per heavy atom. The van der Waals surface area contributed by atoms with Gasteiger partial charge in [0, 0.05) is 30.3 Å². The highest BCUT2D eigenvalue weighted by atomic mass is 32.2. The summed E-state index contributed by atoms with van der Waals surface area (Å²) in [7, 11) is -4.66. The summed E-state index contributed by atoms with van der Waals surface area (Å²) < 4.78 is 55.3. The summed E-state index contributed by atoms with van der Waals surface area (Å²) in [4.78, 5) is 26.9. The average Bonchev–Trinajstić information content (AvgIpc) is 2.68. The number of carbonyl (C=O) groups is 2. The number of nitrogens with one attached hydrogen (secondary N) is 1. The van der Waals surface area contributed by atoms with Crippen molar-refractivity contribution in [3.05, 3.63) is 75.8 Å². The van der Waals surface area contributed by atoms with Crippen molar-refractivity contribution in [3.63, 3.8) is 0 Å². The molecule has 0 heterocycles. The van der Waals surface area contributed by atoms with Crippen LogP contribution in [0, 0.1) is 11.6 Å². The largest absolute Gasteiger partial charge is 0.368 e. The molecule has 0 bridgehead atoms. The second-order valence-corrected chi connectivity index (χ2v) is 7.90.